The molecule has 1 N–H and O–H groups in total. The minimum absolute atomic E-state index is 0.241. The minimum Gasteiger partial charge on any atom is -0.463 e. The summed E-state index contributed by atoms with van der Waals surface area (Å²) in [5.74, 6) is -0.373. The van der Waals surface area contributed by atoms with E-state index in [9.17, 15) is 13.2 Å². The van der Waals surface area contributed by atoms with Crippen molar-refractivity contribution in [3.63, 3.8) is 0 Å². The third-order valence-electron chi connectivity index (χ3n) is 4.57. The second kappa shape index (κ2) is 8.06. The van der Waals surface area contributed by atoms with Gasteiger partial charge in [-0.1, -0.05) is 35.9 Å². The number of esters is 1. The highest BCUT2D eigenvalue weighted by Crippen LogP contribution is 2.33. The number of hydrogen-bond donors (Lipinski definition) is 1. The first-order chi connectivity index (χ1) is 12.9. The number of aryl methyl sites for hydroxylation is 2. The predicted molar refractivity (Wildman–Crippen MR) is 105 cm³/mol. The average molecular weight is 385 g/mol. The molecule has 3 rings (SSSR count). The summed E-state index contributed by atoms with van der Waals surface area (Å²) in [6.07, 6.45) is 4.61. The molecule has 1 aliphatic carbocycles. The molecular weight excluding hydrogens is 362 g/mol. The molecule has 0 radical (unpaired) electrons. The van der Waals surface area contributed by atoms with Crippen LogP contribution in [-0.2, 0) is 26.0 Å². The molecule has 0 aliphatic heterocycles. The molecule has 0 aromatic heterocycles. The number of fused-ring (bicyclic) bond motifs is 1. The van der Waals surface area contributed by atoms with Crippen molar-refractivity contribution in [3.05, 3.63) is 70.8 Å². The third kappa shape index (κ3) is 4.64. The van der Waals surface area contributed by atoms with Crippen LogP contribution in [0.3, 0.4) is 0 Å². The molecule has 0 saturated heterocycles. The Hall–Kier alpha value is -2.44. The Kier molecular flexibility index (Phi) is 5.77. The third-order valence-corrected chi connectivity index (χ3v) is 6.06. The van der Waals surface area contributed by atoms with E-state index in [0.717, 1.165) is 28.7 Å². The van der Waals surface area contributed by atoms with Crippen molar-refractivity contribution in [2.45, 2.75) is 37.6 Å². The van der Waals surface area contributed by atoms with E-state index in [-0.39, 0.29) is 16.9 Å². The van der Waals surface area contributed by atoms with E-state index in [1.54, 1.807) is 37.3 Å². The van der Waals surface area contributed by atoms with Crippen LogP contribution in [-0.4, -0.2) is 21.0 Å². The van der Waals surface area contributed by atoms with Gasteiger partial charge in [0.15, 0.2) is 0 Å². The van der Waals surface area contributed by atoms with E-state index >= 15 is 0 Å². The summed E-state index contributed by atoms with van der Waals surface area (Å²) in [6, 6.07) is 12.4. The van der Waals surface area contributed by atoms with Crippen LogP contribution in [0.2, 0.25) is 0 Å². The van der Waals surface area contributed by atoms with Gasteiger partial charge in [-0.2, -0.15) is 0 Å². The summed E-state index contributed by atoms with van der Waals surface area (Å²) in [7, 11) is -3.57. The Morgan fingerprint density at radius 1 is 1.22 bits per heavy atom. The fourth-order valence-electron chi connectivity index (χ4n) is 3.19. The van der Waals surface area contributed by atoms with Crippen LogP contribution in [0.5, 0.6) is 0 Å². The molecule has 0 spiro atoms. The van der Waals surface area contributed by atoms with E-state index in [0.29, 0.717) is 13.0 Å². The van der Waals surface area contributed by atoms with Crippen molar-refractivity contribution in [1.29, 1.82) is 0 Å². The van der Waals surface area contributed by atoms with Crippen LogP contribution >= 0.6 is 0 Å². The number of carbonyl (C=O) groups is 1. The summed E-state index contributed by atoms with van der Waals surface area (Å²) in [6.45, 7) is 4.03. The lowest BCUT2D eigenvalue weighted by Crippen LogP contribution is -2.27. The van der Waals surface area contributed by atoms with Crippen LogP contribution in [0.4, 0.5) is 0 Å². The van der Waals surface area contributed by atoms with Crippen molar-refractivity contribution in [3.8, 4) is 0 Å². The number of rotatable bonds is 6. The molecule has 2 aromatic carbocycles. The fraction of sp³-hybridized carbons (Fsp3) is 0.286. The molecule has 142 valence electrons. The zero-order valence-corrected chi connectivity index (χ0v) is 16.3. The maximum absolute atomic E-state index is 12.6. The zero-order chi connectivity index (χ0) is 19.4. The summed E-state index contributed by atoms with van der Waals surface area (Å²) in [5.41, 5.74) is 3.99. The monoisotopic (exact) mass is 385 g/mol. The zero-order valence-electron chi connectivity index (χ0n) is 15.4. The van der Waals surface area contributed by atoms with Crippen LogP contribution in [0, 0.1) is 6.92 Å². The Bertz CT molecular complexity index is 962. The molecule has 0 bridgehead atoms. The van der Waals surface area contributed by atoms with E-state index < -0.39 is 10.0 Å². The van der Waals surface area contributed by atoms with Crippen LogP contribution < -0.4 is 4.72 Å². The number of benzene rings is 2. The van der Waals surface area contributed by atoms with Gasteiger partial charge in [0, 0.05) is 12.1 Å². The minimum atomic E-state index is -3.57. The number of carbonyl (C=O) groups excluding carboxylic acids is 1. The lowest BCUT2D eigenvalue weighted by atomic mass is 10.0. The van der Waals surface area contributed by atoms with Crippen molar-refractivity contribution in [2.75, 3.05) is 6.61 Å². The first-order valence-corrected chi connectivity index (χ1v) is 10.4. The number of ether oxygens (including phenoxy) is 1. The van der Waals surface area contributed by atoms with Crippen molar-refractivity contribution >= 4 is 22.1 Å². The van der Waals surface area contributed by atoms with Gasteiger partial charge in [-0.3, -0.25) is 0 Å². The van der Waals surface area contributed by atoms with Gasteiger partial charge in [-0.15, -0.1) is 0 Å². The van der Waals surface area contributed by atoms with Crippen LogP contribution in [0.15, 0.2) is 53.4 Å². The summed E-state index contributed by atoms with van der Waals surface area (Å²) >= 11 is 0. The van der Waals surface area contributed by atoms with E-state index in [1.165, 1.54) is 6.08 Å². The number of nitrogens with one attached hydrogen (secondary N) is 1. The first kappa shape index (κ1) is 19.3. The van der Waals surface area contributed by atoms with Gasteiger partial charge in [0.25, 0.3) is 0 Å². The molecule has 0 amide bonds. The van der Waals surface area contributed by atoms with Gasteiger partial charge >= 0.3 is 5.97 Å². The quantitative estimate of drug-likeness (QED) is 0.610. The molecular formula is C21H23NO4S. The number of hydrogen-bond acceptors (Lipinski definition) is 4. The molecule has 2 aromatic rings. The SMILES string of the molecule is CCOC(=O)/C=C/c1ccc2c(c1)CCC2NS(=O)(=O)c1ccc(C)cc1. The summed E-state index contributed by atoms with van der Waals surface area (Å²) in [4.78, 5) is 11.7. The molecule has 1 unspecified atom stereocenters. The highest BCUT2D eigenvalue weighted by Gasteiger charge is 2.27. The van der Waals surface area contributed by atoms with Gasteiger partial charge in [-0.05, 0) is 61.6 Å². The molecule has 5 nitrogen and oxygen atoms in total. The highest BCUT2D eigenvalue weighted by molar-refractivity contribution is 7.89. The number of sulfonamides is 1. The van der Waals surface area contributed by atoms with E-state index in [2.05, 4.69) is 4.72 Å². The maximum atomic E-state index is 12.6. The van der Waals surface area contributed by atoms with E-state index in [1.807, 2.05) is 25.1 Å². The average Bonchev–Trinajstić information content (AvgIpc) is 3.02. The van der Waals surface area contributed by atoms with Crippen LogP contribution in [0.25, 0.3) is 6.08 Å². The predicted octanol–water partition coefficient (Wildman–Crippen LogP) is 3.54. The smallest absolute Gasteiger partial charge is 0.330 e. The normalized spacial score (nSPS) is 16.4. The Morgan fingerprint density at radius 3 is 2.67 bits per heavy atom. The highest BCUT2D eigenvalue weighted by atomic mass is 32.2. The lowest BCUT2D eigenvalue weighted by Gasteiger charge is -2.15. The molecule has 1 aliphatic rings. The Morgan fingerprint density at radius 2 is 1.96 bits per heavy atom. The molecule has 27 heavy (non-hydrogen) atoms. The molecule has 0 fully saturated rings. The summed E-state index contributed by atoms with van der Waals surface area (Å²) < 4.78 is 33.0. The van der Waals surface area contributed by atoms with Gasteiger partial charge in [0.1, 0.15) is 0 Å². The molecule has 6 heteroatoms. The molecule has 0 heterocycles. The largest absolute Gasteiger partial charge is 0.463 e. The second-order valence-corrected chi connectivity index (χ2v) is 8.28. The topological polar surface area (TPSA) is 72.5 Å². The fourth-order valence-corrected chi connectivity index (χ4v) is 4.44. The Balaban J connectivity index is 1.75. The van der Waals surface area contributed by atoms with E-state index in [4.69, 9.17) is 4.74 Å². The van der Waals surface area contributed by atoms with Gasteiger partial charge in [-0.25, -0.2) is 17.9 Å². The molecule has 0 saturated carbocycles. The van der Waals surface area contributed by atoms with Crippen molar-refractivity contribution in [1.82, 2.24) is 4.72 Å². The summed E-state index contributed by atoms with van der Waals surface area (Å²) in [5, 5.41) is 0. The maximum Gasteiger partial charge on any atom is 0.330 e. The second-order valence-electron chi connectivity index (χ2n) is 6.57. The molecule has 1 atom stereocenters. The van der Waals surface area contributed by atoms with Crippen molar-refractivity contribution in [2.24, 2.45) is 0 Å². The van der Waals surface area contributed by atoms with Crippen molar-refractivity contribution < 1.29 is 17.9 Å². The Labute approximate surface area is 160 Å². The van der Waals surface area contributed by atoms with Crippen LogP contribution in [0.1, 0.15) is 41.6 Å². The first-order valence-electron chi connectivity index (χ1n) is 8.95. The van der Waals surface area contributed by atoms with Gasteiger partial charge in [0.05, 0.1) is 11.5 Å². The standard InChI is InChI=1S/C21H23NO4S/c1-3-26-21(23)13-7-16-6-11-19-17(14-16)8-12-20(19)22-27(24,25)18-9-4-15(2)5-10-18/h4-7,9-11,13-14,20,22H,3,8,12H2,1-2H3/b13-7+. The lowest BCUT2D eigenvalue weighted by molar-refractivity contribution is -0.137. The van der Waals surface area contributed by atoms with Gasteiger partial charge < -0.3 is 4.74 Å². The van der Waals surface area contributed by atoms with Gasteiger partial charge in [0.2, 0.25) is 10.0 Å².